The Morgan fingerprint density at radius 3 is 2.40 bits per heavy atom. The molecule has 3 aromatic rings. The van der Waals surface area contributed by atoms with Gasteiger partial charge in [-0.05, 0) is 56.3 Å². The molecule has 1 aliphatic rings. The van der Waals surface area contributed by atoms with Gasteiger partial charge in [-0.2, -0.15) is 0 Å². The number of piperazine rings is 1. The second kappa shape index (κ2) is 8.71. The SMILES string of the molecule is COc1ccc(-n2c(C)cc(C(=O)CN3CCN(c4ccccn4)CC3)c2C)cc1. The van der Waals surface area contributed by atoms with Gasteiger partial charge in [-0.3, -0.25) is 9.69 Å². The summed E-state index contributed by atoms with van der Waals surface area (Å²) in [5.41, 5.74) is 3.88. The Balaban J connectivity index is 1.43. The summed E-state index contributed by atoms with van der Waals surface area (Å²) in [6.45, 7) is 8.00. The quantitative estimate of drug-likeness (QED) is 0.589. The number of pyridine rings is 1. The van der Waals surface area contributed by atoms with Crippen molar-refractivity contribution in [3.8, 4) is 11.4 Å². The fourth-order valence-electron chi connectivity index (χ4n) is 4.14. The van der Waals surface area contributed by atoms with Crippen molar-refractivity contribution in [1.29, 1.82) is 0 Å². The third-order valence-corrected chi connectivity index (χ3v) is 5.77. The number of methoxy groups -OCH3 is 1. The highest BCUT2D eigenvalue weighted by Crippen LogP contribution is 2.23. The van der Waals surface area contributed by atoms with Crippen molar-refractivity contribution in [3.63, 3.8) is 0 Å². The zero-order valence-corrected chi connectivity index (χ0v) is 17.8. The Morgan fingerprint density at radius 1 is 1.03 bits per heavy atom. The van der Waals surface area contributed by atoms with Gasteiger partial charge in [0.1, 0.15) is 11.6 Å². The first-order valence-corrected chi connectivity index (χ1v) is 10.3. The summed E-state index contributed by atoms with van der Waals surface area (Å²) >= 11 is 0. The van der Waals surface area contributed by atoms with Crippen LogP contribution in [0.3, 0.4) is 0 Å². The minimum Gasteiger partial charge on any atom is -0.497 e. The Bertz CT molecular complexity index is 1000. The lowest BCUT2D eigenvalue weighted by atomic mass is 10.1. The predicted molar refractivity (Wildman–Crippen MR) is 119 cm³/mol. The maximum Gasteiger partial charge on any atom is 0.178 e. The number of carbonyl (C=O) groups excluding carboxylic acids is 1. The molecule has 0 N–H and O–H groups in total. The van der Waals surface area contributed by atoms with Gasteiger partial charge in [0, 0.05) is 55.0 Å². The van der Waals surface area contributed by atoms with E-state index in [0.717, 1.165) is 60.4 Å². The van der Waals surface area contributed by atoms with Gasteiger partial charge in [-0.1, -0.05) is 6.07 Å². The van der Waals surface area contributed by atoms with E-state index in [2.05, 4.69) is 19.4 Å². The maximum atomic E-state index is 13.1. The molecule has 6 nitrogen and oxygen atoms in total. The normalized spacial score (nSPS) is 14.7. The van der Waals surface area contributed by atoms with Gasteiger partial charge in [0.2, 0.25) is 0 Å². The molecular formula is C24H28N4O2. The molecule has 4 rings (SSSR count). The van der Waals surface area contributed by atoms with E-state index in [0.29, 0.717) is 6.54 Å². The Labute approximate surface area is 177 Å². The molecule has 1 saturated heterocycles. The van der Waals surface area contributed by atoms with Crippen molar-refractivity contribution >= 4 is 11.6 Å². The second-order valence-electron chi connectivity index (χ2n) is 7.69. The molecule has 30 heavy (non-hydrogen) atoms. The number of anilines is 1. The van der Waals surface area contributed by atoms with Gasteiger partial charge in [0.25, 0.3) is 0 Å². The first kappa shape index (κ1) is 20.2. The average molecular weight is 405 g/mol. The third-order valence-electron chi connectivity index (χ3n) is 5.77. The van der Waals surface area contributed by atoms with Crippen molar-refractivity contribution in [2.75, 3.05) is 44.7 Å². The number of carbonyl (C=O) groups is 1. The number of nitrogens with zero attached hydrogens (tertiary/aromatic N) is 4. The average Bonchev–Trinajstić information content (AvgIpc) is 3.09. The van der Waals surface area contributed by atoms with E-state index in [4.69, 9.17) is 4.74 Å². The number of hydrogen-bond acceptors (Lipinski definition) is 5. The topological polar surface area (TPSA) is 50.6 Å². The highest BCUT2D eigenvalue weighted by atomic mass is 16.5. The molecule has 1 aliphatic heterocycles. The van der Waals surface area contributed by atoms with Crippen molar-refractivity contribution in [2.45, 2.75) is 13.8 Å². The number of ether oxygens (including phenoxy) is 1. The fraction of sp³-hybridized carbons (Fsp3) is 0.333. The van der Waals surface area contributed by atoms with Crippen LogP contribution in [-0.4, -0.2) is 60.1 Å². The number of benzene rings is 1. The van der Waals surface area contributed by atoms with Crippen molar-refractivity contribution in [3.05, 3.63) is 71.7 Å². The van der Waals surface area contributed by atoms with Crippen molar-refractivity contribution in [1.82, 2.24) is 14.5 Å². The molecule has 0 bridgehead atoms. The van der Waals surface area contributed by atoms with Crippen LogP contribution in [0.2, 0.25) is 0 Å². The van der Waals surface area contributed by atoms with Crippen LogP contribution in [0, 0.1) is 13.8 Å². The Hall–Kier alpha value is -3.12. The smallest absolute Gasteiger partial charge is 0.178 e. The summed E-state index contributed by atoms with van der Waals surface area (Å²) < 4.78 is 7.38. The number of rotatable bonds is 6. The number of aromatic nitrogens is 2. The summed E-state index contributed by atoms with van der Waals surface area (Å²) in [5, 5.41) is 0. The first-order chi connectivity index (χ1) is 14.6. The fourth-order valence-corrected chi connectivity index (χ4v) is 4.14. The largest absolute Gasteiger partial charge is 0.497 e. The Morgan fingerprint density at radius 2 is 1.77 bits per heavy atom. The zero-order chi connectivity index (χ0) is 21.1. The highest BCUT2D eigenvalue weighted by molar-refractivity contribution is 5.99. The van der Waals surface area contributed by atoms with Gasteiger partial charge in [-0.15, -0.1) is 0 Å². The third kappa shape index (κ3) is 4.09. The summed E-state index contributed by atoms with van der Waals surface area (Å²) in [4.78, 5) is 22.0. The van der Waals surface area contributed by atoms with E-state index >= 15 is 0 Å². The molecule has 0 unspecified atom stereocenters. The molecule has 6 heteroatoms. The van der Waals surface area contributed by atoms with Gasteiger partial charge >= 0.3 is 0 Å². The number of Topliss-reactive ketones (excluding diaryl/α,β-unsaturated/α-hetero) is 1. The summed E-state index contributed by atoms with van der Waals surface area (Å²) in [6, 6.07) is 15.9. The lowest BCUT2D eigenvalue weighted by molar-refractivity contribution is 0.0925. The van der Waals surface area contributed by atoms with Crippen molar-refractivity contribution in [2.24, 2.45) is 0 Å². The van der Waals surface area contributed by atoms with E-state index in [1.54, 1.807) is 7.11 Å². The van der Waals surface area contributed by atoms with E-state index in [1.807, 2.05) is 68.6 Å². The molecule has 2 aromatic heterocycles. The van der Waals surface area contributed by atoms with Crippen LogP contribution >= 0.6 is 0 Å². The monoisotopic (exact) mass is 404 g/mol. The van der Waals surface area contributed by atoms with Gasteiger partial charge in [0.15, 0.2) is 5.78 Å². The predicted octanol–water partition coefficient (Wildman–Crippen LogP) is 3.50. The molecule has 0 atom stereocenters. The second-order valence-corrected chi connectivity index (χ2v) is 7.69. The summed E-state index contributed by atoms with van der Waals surface area (Å²) in [5.74, 6) is 2.00. The molecule has 156 valence electrons. The zero-order valence-electron chi connectivity index (χ0n) is 17.8. The lowest BCUT2D eigenvalue weighted by Crippen LogP contribution is -2.48. The number of hydrogen-bond donors (Lipinski definition) is 0. The van der Waals surface area contributed by atoms with Gasteiger partial charge in [0.05, 0.1) is 13.7 Å². The molecule has 0 saturated carbocycles. The molecule has 3 heterocycles. The first-order valence-electron chi connectivity index (χ1n) is 10.3. The van der Waals surface area contributed by atoms with Crippen LogP contribution in [0.4, 0.5) is 5.82 Å². The van der Waals surface area contributed by atoms with Crippen LogP contribution in [0.15, 0.2) is 54.7 Å². The van der Waals surface area contributed by atoms with Crippen LogP contribution in [0.25, 0.3) is 5.69 Å². The molecule has 1 aromatic carbocycles. The lowest BCUT2D eigenvalue weighted by Gasteiger charge is -2.35. The molecule has 0 amide bonds. The minimum atomic E-state index is 0.175. The van der Waals surface area contributed by atoms with Crippen LogP contribution in [-0.2, 0) is 0 Å². The van der Waals surface area contributed by atoms with Gasteiger partial charge in [-0.25, -0.2) is 4.98 Å². The van der Waals surface area contributed by atoms with Crippen LogP contribution < -0.4 is 9.64 Å². The molecule has 0 spiro atoms. The summed E-state index contributed by atoms with van der Waals surface area (Å²) in [6.07, 6.45) is 1.82. The van der Waals surface area contributed by atoms with Crippen LogP contribution in [0.5, 0.6) is 5.75 Å². The highest BCUT2D eigenvalue weighted by Gasteiger charge is 2.23. The van der Waals surface area contributed by atoms with E-state index in [9.17, 15) is 4.79 Å². The van der Waals surface area contributed by atoms with E-state index < -0.39 is 0 Å². The molecule has 1 fully saturated rings. The summed E-state index contributed by atoms with van der Waals surface area (Å²) in [7, 11) is 1.66. The minimum absolute atomic E-state index is 0.175. The Kier molecular flexibility index (Phi) is 5.86. The van der Waals surface area contributed by atoms with Crippen LogP contribution in [0.1, 0.15) is 21.7 Å². The molecular weight excluding hydrogens is 376 g/mol. The van der Waals surface area contributed by atoms with Crippen molar-refractivity contribution < 1.29 is 9.53 Å². The number of aryl methyl sites for hydroxylation is 1. The molecule has 0 radical (unpaired) electrons. The standard InChI is InChI=1S/C24H28N4O2/c1-18-16-22(19(2)28(18)20-7-9-21(30-3)10-8-20)23(29)17-26-12-14-27(15-13-26)24-6-4-5-11-25-24/h4-11,16H,12-15,17H2,1-3H3. The molecule has 0 aliphatic carbocycles. The van der Waals surface area contributed by atoms with Gasteiger partial charge < -0.3 is 14.2 Å². The maximum absolute atomic E-state index is 13.1. The number of ketones is 1. The van der Waals surface area contributed by atoms with E-state index in [1.165, 1.54) is 0 Å². The van der Waals surface area contributed by atoms with E-state index in [-0.39, 0.29) is 5.78 Å².